The molecule has 1 atom stereocenters. The van der Waals surface area contributed by atoms with E-state index in [1.165, 1.54) is 5.69 Å². The first kappa shape index (κ1) is 18.1. The highest BCUT2D eigenvalue weighted by Crippen LogP contribution is 2.44. The van der Waals surface area contributed by atoms with E-state index in [0.29, 0.717) is 25.3 Å². The van der Waals surface area contributed by atoms with Gasteiger partial charge in [0.05, 0.1) is 6.10 Å². The number of fused-ring (bicyclic) bond motifs is 1. The average Bonchev–Trinajstić information content (AvgIpc) is 2.97. The first-order chi connectivity index (χ1) is 12.9. The number of piperazine rings is 1. The van der Waals surface area contributed by atoms with Gasteiger partial charge in [-0.3, -0.25) is 4.79 Å². The van der Waals surface area contributed by atoms with Gasteiger partial charge in [0, 0.05) is 49.4 Å². The van der Waals surface area contributed by atoms with Crippen molar-refractivity contribution in [2.45, 2.75) is 39.7 Å². The molecule has 5 heteroatoms. The van der Waals surface area contributed by atoms with Crippen molar-refractivity contribution in [3.8, 4) is 0 Å². The number of carbonyl (C=O) groups is 1. The Hall–Kier alpha value is -2.27. The maximum Gasteiger partial charge on any atom is 0.289 e. The van der Waals surface area contributed by atoms with Crippen LogP contribution in [0.4, 0.5) is 5.69 Å². The van der Waals surface area contributed by atoms with Gasteiger partial charge in [0.2, 0.25) is 0 Å². The molecule has 1 saturated heterocycles. The molecular weight excluding hydrogens is 340 g/mol. The van der Waals surface area contributed by atoms with E-state index in [4.69, 9.17) is 4.42 Å². The Bertz CT molecular complexity index is 833. The maximum atomic E-state index is 13.1. The minimum absolute atomic E-state index is 0.0155. The summed E-state index contributed by atoms with van der Waals surface area (Å²) >= 11 is 0. The molecule has 1 fully saturated rings. The molecule has 1 aliphatic carbocycles. The van der Waals surface area contributed by atoms with E-state index in [9.17, 15) is 9.90 Å². The summed E-state index contributed by atoms with van der Waals surface area (Å²) in [6.07, 6.45) is 0.906. The lowest BCUT2D eigenvalue weighted by atomic mass is 9.75. The number of furan rings is 1. The summed E-state index contributed by atoms with van der Waals surface area (Å²) in [6, 6.07) is 10.3. The fourth-order valence-corrected chi connectivity index (χ4v) is 4.44. The molecule has 4 rings (SSSR count). The van der Waals surface area contributed by atoms with Crippen LogP contribution in [-0.4, -0.2) is 42.1 Å². The second-order valence-electron chi connectivity index (χ2n) is 8.57. The summed E-state index contributed by atoms with van der Waals surface area (Å²) in [5.41, 5.74) is 2.82. The third-order valence-corrected chi connectivity index (χ3v) is 5.87. The fourth-order valence-electron chi connectivity index (χ4n) is 4.44. The zero-order valence-electron chi connectivity index (χ0n) is 16.4. The van der Waals surface area contributed by atoms with E-state index in [-0.39, 0.29) is 11.3 Å². The highest BCUT2D eigenvalue weighted by Gasteiger charge is 2.38. The molecule has 5 nitrogen and oxygen atoms in total. The second-order valence-corrected chi connectivity index (χ2v) is 8.57. The number of anilines is 1. The van der Waals surface area contributed by atoms with Crippen LogP contribution >= 0.6 is 0 Å². The van der Waals surface area contributed by atoms with Crippen LogP contribution in [0.15, 0.2) is 34.7 Å². The van der Waals surface area contributed by atoms with Crippen LogP contribution < -0.4 is 4.90 Å². The highest BCUT2D eigenvalue weighted by atomic mass is 16.4. The lowest BCUT2D eigenvalue weighted by Crippen LogP contribution is -2.48. The maximum absolute atomic E-state index is 13.1. The predicted octanol–water partition coefficient (Wildman–Crippen LogP) is 3.56. The Labute approximate surface area is 160 Å². The van der Waals surface area contributed by atoms with Crippen LogP contribution in [0, 0.1) is 12.3 Å². The third kappa shape index (κ3) is 3.36. The summed E-state index contributed by atoms with van der Waals surface area (Å²) in [6.45, 7) is 9.12. The Balaban J connectivity index is 1.50. The zero-order valence-corrected chi connectivity index (χ0v) is 16.4. The number of nitrogens with zero attached hydrogens (tertiary/aromatic N) is 2. The molecule has 144 valence electrons. The minimum Gasteiger partial charge on any atom is -0.455 e. The SMILES string of the molecule is Cc1c(C(=O)N2CCN(c3ccccc3)CC2)oc2c1[C@H](O)CC(C)(C)C2. The first-order valence-corrected chi connectivity index (χ1v) is 9.75. The van der Waals surface area contributed by atoms with E-state index >= 15 is 0 Å². The van der Waals surface area contributed by atoms with Gasteiger partial charge in [0.1, 0.15) is 5.76 Å². The smallest absolute Gasteiger partial charge is 0.289 e. The van der Waals surface area contributed by atoms with Gasteiger partial charge in [0.15, 0.2) is 5.76 Å². The molecule has 2 aliphatic rings. The van der Waals surface area contributed by atoms with Gasteiger partial charge >= 0.3 is 0 Å². The van der Waals surface area contributed by atoms with Gasteiger partial charge in [0.25, 0.3) is 5.91 Å². The lowest BCUT2D eigenvalue weighted by Gasteiger charge is -2.35. The van der Waals surface area contributed by atoms with Crippen LogP contribution in [0.25, 0.3) is 0 Å². The number of carbonyl (C=O) groups excluding carboxylic acids is 1. The summed E-state index contributed by atoms with van der Waals surface area (Å²) in [5, 5.41) is 10.6. The van der Waals surface area contributed by atoms with E-state index in [1.807, 2.05) is 30.0 Å². The van der Waals surface area contributed by atoms with Crippen LogP contribution in [0.5, 0.6) is 0 Å². The highest BCUT2D eigenvalue weighted by molar-refractivity contribution is 5.93. The largest absolute Gasteiger partial charge is 0.455 e. The summed E-state index contributed by atoms with van der Waals surface area (Å²) in [7, 11) is 0. The Kier molecular flexibility index (Phi) is 4.50. The van der Waals surface area contributed by atoms with E-state index in [2.05, 4.69) is 30.9 Å². The molecule has 2 aromatic rings. The Morgan fingerprint density at radius 2 is 1.81 bits per heavy atom. The summed E-state index contributed by atoms with van der Waals surface area (Å²) in [4.78, 5) is 17.3. The Morgan fingerprint density at radius 1 is 1.15 bits per heavy atom. The van der Waals surface area contributed by atoms with Crippen molar-refractivity contribution in [2.75, 3.05) is 31.1 Å². The monoisotopic (exact) mass is 368 g/mol. The van der Waals surface area contributed by atoms with Crippen molar-refractivity contribution < 1.29 is 14.3 Å². The van der Waals surface area contributed by atoms with Crippen molar-refractivity contribution in [1.82, 2.24) is 4.90 Å². The van der Waals surface area contributed by atoms with Gasteiger partial charge in [-0.05, 0) is 30.9 Å². The molecule has 0 radical (unpaired) electrons. The molecule has 27 heavy (non-hydrogen) atoms. The van der Waals surface area contributed by atoms with Gasteiger partial charge in [-0.1, -0.05) is 32.0 Å². The molecule has 0 unspecified atom stereocenters. The number of para-hydroxylation sites is 1. The number of aliphatic hydroxyl groups is 1. The van der Waals surface area contributed by atoms with Crippen LogP contribution in [-0.2, 0) is 6.42 Å². The van der Waals surface area contributed by atoms with Crippen molar-refractivity contribution >= 4 is 11.6 Å². The molecule has 2 heterocycles. The number of benzene rings is 1. The molecule has 0 bridgehead atoms. The number of hydrogen-bond donors (Lipinski definition) is 1. The van der Waals surface area contributed by atoms with Gasteiger partial charge in [-0.25, -0.2) is 0 Å². The van der Waals surface area contributed by atoms with Gasteiger partial charge in [-0.2, -0.15) is 0 Å². The number of amides is 1. The molecule has 1 aromatic carbocycles. The van der Waals surface area contributed by atoms with Crippen LogP contribution in [0.1, 0.15) is 53.8 Å². The van der Waals surface area contributed by atoms with Gasteiger partial charge < -0.3 is 19.3 Å². The molecule has 1 amide bonds. The third-order valence-electron chi connectivity index (χ3n) is 5.87. The minimum atomic E-state index is -0.552. The molecule has 0 spiro atoms. The lowest BCUT2D eigenvalue weighted by molar-refractivity contribution is 0.0704. The summed E-state index contributed by atoms with van der Waals surface area (Å²) < 4.78 is 6.00. The quantitative estimate of drug-likeness (QED) is 0.881. The zero-order chi connectivity index (χ0) is 19.2. The normalized spacial score (nSPS) is 21.9. The summed E-state index contributed by atoms with van der Waals surface area (Å²) in [5.74, 6) is 1.13. The average molecular weight is 368 g/mol. The number of rotatable bonds is 2. The fraction of sp³-hybridized carbons (Fsp3) is 0.500. The topological polar surface area (TPSA) is 56.9 Å². The molecule has 0 saturated carbocycles. The van der Waals surface area contributed by atoms with E-state index in [1.54, 1.807) is 0 Å². The molecule has 1 aromatic heterocycles. The predicted molar refractivity (Wildman–Crippen MR) is 105 cm³/mol. The number of aliphatic hydroxyl groups excluding tert-OH is 1. The second kappa shape index (κ2) is 6.71. The van der Waals surface area contributed by atoms with Crippen molar-refractivity contribution in [1.29, 1.82) is 0 Å². The van der Waals surface area contributed by atoms with E-state index in [0.717, 1.165) is 36.4 Å². The molecule has 1 N–H and O–H groups in total. The molecular formula is C22H28N2O3. The first-order valence-electron chi connectivity index (χ1n) is 9.75. The van der Waals surface area contributed by atoms with Crippen molar-refractivity contribution in [3.63, 3.8) is 0 Å². The Morgan fingerprint density at radius 3 is 2.48 bits per heavy atom. The van der Waals surface area contributed by atoms with E-state index < -0.39 is 6.10 Å². The molecule has 1 aliphatic heterocycles. The standard InChI is InChI=1S/C22H28N2O3/c1-15-19-17(25)13-22(2,3)14-18(19)27-20(15)21(26)24-11-9-23(10-12-24)16-7-5-4-6-8-16/h4-8,17,25H,9-14H2,1-3H3/t17-/m1/s1. The van der Waals surface area contributed by atoms with Crippen LogP contribution in [0.3, 0.4) is 0 Å². The van der Waals surface area contributed by atoms with Crippen molar-refractivity contribution in [2.24, 2.45) is 5.41 Å². The number of hydrogen-bond acceptors (Lipinski definition) is 4. The van der Waals surface area contributed by atoms with Crippen LogP contribution in [0.2, 0.25) is 0 Å². The van der Waals surface area contributed by atoms with Gasteiger partial charge in [-0.15, -0.1) is 0 Å². The van der Waals surface area contributed by atoms with Crippen molar-refractivity contribution in [3.05, 3.63) is 53.0 Å².